The van der Waals surface area contributed by atoms with E-state index in [2.05, 4.69) is 63.6 Å². The summed E-state index contributed by atoms with van der Waals surface area (Å²) in [5, 5.41) is 8.76. The van der Waals surface area contributed by atoms with Gasteiger partial charge in [-0.25, -0.2) is 10.2 Å². The van der Waals surface area contributed by atoms with Crippen LogP contribution < -0.4 is 0 Å². The summed E-state index contributed by atoms with van der Waals surface area (Å²) in [6.07, 6.45) is 6.30. The average Bonchev–Trinajstić information content (AvgIpc) is 3.31. The third-order valence-electron chi connectivity index (χ3n) is 4.05. The Morgan fingerprint density at radius 2 is 1.38 bits per heavy atom. The Morgan fingerprint density at radius 1 is 0.828 bits per heavy atom. The third-order valence-corrected chi connectivity index (χ3v) is 4.05. The van der Waals surface area contributed by atoms with Crippen LogP contribution in [0, 0.1) is 19.6 Å². The van der Waals surface area contributed by atoms with E-state index in [1.54, 1.807) is 9.36 Å². The van der Waals surface area contributed by atoms with Gasteiger partial charge in [-0.15, -0.1) is 0 Å². The second-order valence-electron chi connectivity index (χ2n) is 7.52. The molecular weight excluding hydrogens is 547 g/mol. The SMILES string of the molecule is Cc1n[c-]n(-c2cccc(Cc3cccc(-n4[c-]nc(C(C)(C)C)n4)n3)n2)n1.[Pt+2]. The average molecular weight is 568 g/mol. The number of hydrogen-bond acceptors (Lipinski definition) is 6. The maximum Gasteiger partial charge on any atom is 2.00 e. The molecule has 0 aliphatic rings. The fourth-order valence-electron chi connectivity index (χ4n) is 2.62. The van der Waals surface area contributed by atoms with Gasteiger partial charge in [0.1, 0.15) is 0 Å². The zero-order chi connectivity index (χ0) is 19.7. The Balaban J connectivity index is 0.00000240. The summed E-state index contributed by atoms with van der Waals surface area (Å²) in [6, 6.07) is 11.6. The Bertz CT molecular complexity index is 1110. The van der Waals surface area contributed by atoms with Crippen LogP contribution in [0.1, 0.15) is 43.8 Å². The van der Waals surface area contributed by atoms with E-state index in [9.17, 15) is 0 Å². The van der Waals surface area contributed by atoms with Crippen LogP contribution in [-0.4, -0.2) is 39.5 Å². The molecule has 0 aliphatic carbocycles. The van der Waals surface area contributed by atoms with Crippen molar-refractivity contribution in [3.8, 4) is 11.6 Å². The van der Waals surface area contributed by atoms with Crippen LogP contribution in [-0.2, 0) is 32.9 Å². The van der Waals surface area contributed by atoms with Gasteiger partial charge >= 0.3 is 21.1 Å². The number of aromatic nitrogens is 8. The molecule has 9 heteroatoms. The summed E-state index contributed by atoms with van der Waals surface area (Å²) in [5.41, 5.74) is 1.62. The van der Waals surface area contributed by atoms with Crippen molar-refractivity contribution < 1.29 is 21.1 Å². The van der Waals surface area contributed by atoms with Crippen LogP contribution in [0.5, 0.6) is 0 Å². The first kappa shape index (κ1) is 21.0. The predicted molar refractivity (Wildman–Crippen MR) is 102 cm³/mol. The van der Waals surface area contributed by atoms with Crippen molar-refractivity contribution in [3.63, 3.8) is 0 Å². The van der Waals surface area contributed by atoms with Crippen LogP contribution in [0.25, 0.3) is 11.6 Å². The predicted octanol–water partition coefficient (Wildman–Crippen LogP) is 2.43. The standard InChI is InChI=1S/C20H20N8.Pt/c1-14-21-12-27(25-14)17-9-5-7-15(23-17)11-16-8-6-10-18(24-16)28-13-22-19(26-28)20(2,3)4;/h5-10H,11H2,1-4H3;/q-2;+2. The van der Waals surface area contributed by atoms with E-state index in [1.807, 2.05) is 43.3 Å². The van der Waals surface area contributed by atoms with E-state index < -0.39 is 0 Å². The molecule has 8 nitrogen and oxygen atoms in total. The molecule has 0 saturated carbocycles. The molecule has 4 rings (SSSR count). The fourth-order valence-corrected chi connectivity index (χ4v) is 2.62. The van der Waals surface area contributed by atoms with Gasteiger partial charge in [0.2, 0.25) is 0 Å². The smallest absolute Gasteiger partial charge is 0.350 e. The first-order chi connectivity index (χ1) is 13.4. The molecule has 0 aliphatic heterocycles. The van der Waals surface area contributed by atoms with E-state index in [1.165, 1.54) is 0 Å². The van der Waals surface area contributed by atoms with Crippen LogP contribution in [0.4, 0.5) is 0 Å². The zero-order valence-electron chi connectivity index (χ0n) is 16.6. The molecule has 0 unspecified atom stereocenters. The summed E-state index contributed by atoms with van der Waals surface area (Å²) in [6.45, 7) is 8.02. The van der Waals surface area contributed by atoms with Gasteiger partial charge in [0.25, 0.3) is 0 Å². The van der Waals surface area contributed by atoms with Gasteiger partial charge in [0, 0.05) is 36.3 Å². The number of aryl methyl sites for hydroxylation is 1. The third kappa shape index (κ3) is 4.82. The van der Waals surface area contributed by atoms with Gasteiger partial charge in [-0.3, -0.25) is 9.97 Å². The summed E-state index contributed by atoms with van der Waals surface area (Å²) in [5.74, 6) is 2.74. The van der Waals surface area contributed by atoms with Crippen LogP contribution in [0.2, 0.25) is 0 Å². The Kier molecular flexibility index (Phi) is 6.03. The van der Waals surface area contributed by atoms with Crippen molar-refractivity contribution in [2.75, 3.05) is 0 Å². The topological polar surface area (TPSA) is 87.2 Å². The Morgan fingerprint density at radius 3 is 1.86 bits per heavy atom. The van der Waals surface area contributed by atoms with E-state index in [0.717, 1.165) is 17.2 Å². The molecule has 0 fully saturated rings. The molecule has 0 radical (unpaired) electrons. The number of rotatable bonds is 4. The first-order valence-corrected chi connectivity index (χ1v) is 8.98. The molecule has 0 atom stereocenters. The molecule has 0 spiro atoms. The Labute approximate surface area is 183 Å². The van der Waals surface area contributed by atoms with Crippen molar-refractivity contribution in [3.05, 3.63) is 72.1 Å². The molecule has 0 amide bonds. The van der Waals surface area contributed by atoms with E-state index >= 15 is 0 Å². The normalized spacial score (nSPS) is 11.3. The van der Waals surface area contributed by atoms with Crippen molar-refractivity contribution in [1.82, 2.24) is 39.5 Å². The molecule has 4 heterocycles. The van der Waals surface area contributed by atoms with Gasteiger partial charge in [0.15, 0.2) is 0 Å². The Hall–Kier alpha value is -2.73. The minimum Gasteiger partial charge on any atom is -0.350 e. The summed E-state index contributed by atoms with van der Waals surface area (Å²) in [7, 11) is 0. The van der Waals surface area contributed by atoms with Gasteiger partial charge in [-0.2, -0.15) is 0 Å². The number of pyridine rings is 2. The van der Waals surface area contributed by atoms with Gasteiger partial charge < -0.3 is 19.3 Å². The maximum atomic E-state index is 4.69. The summed E-state index contributed by atoms with van der Waals surface area (Å²) in [4.78, 5) is 17.6. The van der Waals surface area contributed by atoms with Gasteiger partial charge in [0.05, 0.1) is 17.5 Å². The minimum absolute atomic E-state index is 0. The molecule has 4 aromatic heterocycles. The van der Waals surface area contributed by atoms with Crippen molar-refractivity contribution in [2.24, 2.45) is 0 Å². The van der Waals surface area contributed by atoms with Gasteiger partial charge in [-0.1, -0.05) is 45.0 Å². The minimum atomic E-state index is -0.138. The van der Waals surface area contributed by atoms with E-state index in [0.29, 0.717) is 23.9 Å². The molecule has 29 heavy (non-hydrogen) atoms. The van der Waals surface area contributed by atoms with E-state index in [4.69, 9.17) is 0 Å². The monoisotopic (exact) mass is 567 g/mol. The quantitative estimate of drug-likeness (QED) is 0.352. The van der Waals surface area contributed by atoms with Crippen LogP contribution >= 0.6 is 0 Å². The largest absolute Gasteiger partial charge is 2.00 e. The summed E-state index contributed by atoms with van der Waals surface area (Å²) < 4.78 is 3.13. The zero-order valence-corrected chi connectivity index (χ0v) is 18.8. The summed E-state index contributed by atoms with van der Waals surface area (Å²) >= 11 is 0. The fraction of sp³-hybridized carbons (Fsp3) is 0.300. The second-order valence-corrected chi connectivity index (χ2v) is 7.52. The van der Waals surface area contributed by atoms with Crippen LogP contribution in [0.3, 0.4) is 0 Å². The molecule has 0 N–H and O–H groups in total. The first-order valence-electron chi connectivity index (χ1n) is 8.98. The number of hydrogen-bond donors (Lipinski definition) is 0. The molecule has 0 bridgehead atoms. The molecule has 0 saturated heterocycles. The molecule has 0 aromatic carbocycles. The molecule has 150 valence electrons. The maximum absolute atomic E-state index is 4.69. The van der Waals surface area contributed by atoms with Gasteiger partial charge in [-0.05, 0) is 24.5 Å². The molecular formula is C20H20N8Pt. The van der Waals surface area contributed by atoms with Crippen molar-refractivity contribution >= 4 is 0 Å². The van der Waals surface area contributed by atoms with E-state index in [-0.39, 0.29) is 26.5 Å². The van der Waals surface area contributed by atoms with Crippen molar-refractivity contribution in [1.29, 1.82) is 0 Å². The second kappa shape index (κ2) is 8.33. The number of nitrogens with zero attached hydrogens (tertiary/aromatic N) is 8. The molecule has 4 aromatic rings. The van der Waals surface area contributed by atoms with Crippen LogP contribution in [0.15, 0.2) is 36.4 Å². The van der Waals surface area contributed by atoms with Crippen molar-refractivity contribution in [2.45, 2.75) is 39.5 Å².